The van der Waals surface area contributed by atoms with Crippen LogP contribution in [0.4, 0.5) is 21.8 Å². The van der Waals surface area contributed by atoms with E-state index in [1.165, 1.54) is 37.0 Å². The molecule has 9 nitrogen and oxygen atoms in total. The van der Waals surface area contributed by atoms with Gasteiger partial charge in [0.1, 0.15) is 17.2 Å². The predicted molar refractivity (Wildman–Crippen MR) is 137 cm³/mol. The molecule has 1 amide bonds. The Balaban J connectivity index is 1.29. The third-order valence-electron chi connectivity index (χ3n) is 7.96. The molecule has 1 saturated carbocycles. The zero-order valence-electron chi connectivity index (χ0n) is 21.0. The zero-order valence-corrected chi connectivity index (χ0v) is 21.0. The maximum absolute atomic E-state index is 15.4. The van der Waals surface area contributed by atoms with Crippen LogP contribution in [0.15, 0.2) is 24.5 Å². The fourth-order valence-corrected chi connectivity index (χ4v) is 6.01. The monoisotopic (exact) mass is 492 g/mol. The molecule has 0 unspecified atom stereocenters. The Morgan fingerprint density at radius 2 is 1.78 bits per heavy atom. The van der Waals surface area contributed by atoms with E-state index in [1.807, 2.05) is 12.3 Å². The van der Waals surface area contributed by atoms with Gasteiger partial charge in [0.05, 0.1) is 17.3 Å². The van der Waals surface area contributed by atoms with Gasteiger partial charge >= 0.3 is 0 Å². The molecule has 3 aliphatic heterocycles. The topological polar surface area (TPSA) is 82.4 Å². The number of fused-ring (bicyclic) bond motifs is 5. The molecule has 4 fully saturated rings. The summed E-state index contributed by atoms with van der Waals surface area (Å²) in [7, 11) is 3.28. The van der Waals surface area contributed by atoms with Crippen molar-refractivity contribution < 1.29 is 9.18 Å². The second kappa shape index (κ2) is 9.31. The fourth-order valence-electron chi connectivity index (χ4n) is 6.01. The van der Waals surface area contributed by atoms with Crippen molar-refractivity contribution >= 4 is 34.4 Å². The number of halogens is 1. The molecule has 7 rings (SSSR count). The molecule has 0 radical (unpaired) electrons. The van der Waals surface area contributed by atoms with Crippen LogP contribution in [-0.4, -0.2) is 81.5 Å². The molecule has 3 aromatic heterocycles. The lowest BCUT2D eigenvalue weighted by Crippen LogP contribution is -2.37. The van der Waals surface area contributed by atoms with Gasteiger partial charge < -0.3 is 24.6 Å². The highest BCUT2D eigenvalue weighted by Crippen LogP contribution is 2.36. The van der Waals surface area contributed by atoms with Crippen LogP contribution >= 0.6 is 0 Å². The number of pyridine rings is 1. The number of hydrogen-bond acceptors (Lipinski definition) is 7. The molecule has 4 aliphatic rings. The molecule has 3 saturated heterocycles. The van der Waals surface area contributed by atoms with Crippen LogP contribution in [0.5, 0.6) is 0 Å². The van der Waals surface area contributed by atoms with Crippen molar-refractivity contribution in [2.75, 3.05) is 50.5 Å². The highest BCUT2D eigenvalue weighted by atomic mass is 19.1. The Bertz CT molecular complexity index is 1260. The van der Waals surface area contributed by atoms with E-state index in [2.05, 4.69) is 36.1 Å². The van der Waals surface area contributed by atoms with Crippen LogP contribution < -0.4 is 10.2 Å². The summed E-state index contributed by atoms with van der Waals surface area (Å²) in [5.41, 5.74) is 1.66. The second-order valence-electron chi connectivity index (χ2n) is 10.4. The van der Waals surface area contributed by atoms with Crippen LogP contribution in [0.3, 0.4) is 0 Å². The average Bonchev–Trinajstić information content (AvgIpc) is 3.39. The summed E-state index contributed by atoms with van der Waals surface area (Å²) in [6, 6.07) is 4.66. The quantitative estimate of drug-likeness (QED) is 0.580. The summed E-state index contributed by atoms with van der Waals surface area (Å²) in [4.78, 5) is 33.0. The summed E-state index contributed by atoms with van der Waals surface area (Å²) in [5.74, 6) is 0.0604. The van der Waals surface area contributed by atoms with Gasteiger partial charge in [0.25, 0.3) is 5.91 Å². The van der Waals surface area contributed by atoms with Crippen molar-refractivity contribution in [1.29, 1.82) is 0 Å². The number of aromatic nitrogens is 4. The molecular weight excluding hydrogens is 459 g/mol. The van der Waals surface area contributed by atoms with Gasteiger partial charge in [-0.3, -0.25) is 4.79 Å². The minimum absolute atomic E-state index is 0.0520. The number of hydrogen-bond donors (Lipinski definition) is 1. The van der Waals surface area contributed by atoms with E-state index in [0.29, 0.717) is 23.5 Å². The van der Waals surface area contributed by atoms with E-state index in [9.17, 15) is 4.79 Å². The molecule has 6 heterocycles. The molecule has 3 aromatic rings. The Morgan fingerprint density at radius 3 is 2.47 bits per heavy atom. The van der Waals surface area contributed by atoms with Gasteiger partial charge in [-0.25, -0.2) is 14.4 Å². The second-order valence-corrected chi connectivity index (χ2v) is 10.4. The van der Waals surface area contributed by atoms with Crippen LogP contribution in [0.2, 0.25) is 0 Å². The van der Waals surface area contributed by atoms with Crippen LogP contribution in [0.1, 0.15) is 55.1 Å². The van der Waals surface area contributed by atoms with Crippen molar-refractivity contribution in [3.63, 3.8) is 0 Å². The van der Waals surface area contributed by atoms with Gasteiger partial charge in [0.15, 0.2) is 5.82 Å². The minimum Gasteiger partial charge on any atom is -0.366 e. The molecular formula is C26H33FN8O. The number of carbonyl (C=O) groups excluding carboxylic acids is 1. The maximum Gasteiger partial charge on any atom is 0.273 e. The summed E-state index contributed by atoms with van der Waals surface area (Å²) in [6.45, 7) is 4.48. The first kappa shape index (κ1) is 23.1. The number of nitrogens with zero attached hydrogens (tertiary/aromatic N) is 7. The fraction of sp³-hybridized carbons (Fsp3) is 0.538. The molecule has 2 bridgehead atoms. The lowest BCUT2D eigenvalue weighted by Gasteiger charge is -2.32. The van der Waals surface area contributed by atoms with Crippen molar-refractivity contribution in [2.45, 2.75) is 50.6 Å². The SMILES string of the molecule is CN(C)C(=O)c1c(F)c2cnc(Nc3ccc(N4CCN5CCC4CC5)cn3)nc2n1C1CCCC1. The third-order valence-corrected chi connectivity index (χ3v) is 7.96. The molecule has 36 heavy (non-hydrogen) atoms. The Labute approximate surface area is 210 Å². The largest absolute Gasteiger partial charge is 0.366 e. The number of anilines is 3. The lowest BCUT2D eigenvalue weighted by molar-refractivity contribution is 0.0810. The predicted octanol–water partition coefficient (Wildman–Crippen LogP) is 3.81. The number of piperidine rings is 1. The zero-order chi connectivity index (χ0) is 24.8. The van der Waals surface area contributed by atoms with Crippen molar-refractivity contribution in [1.82, 2.24) is 29.3 Å². The highest BCUT2D eigenvalue weighted by molar-refractivity contribution is 5.98. The number of carbonyl (C=O) groups is 1. The van der Waals surface area contributed by atoms with Gasteiger partial charge in [-0.05, 0) is 37.8 Å². The van der Waals surface area contributed by atoms with Gasteiger partial charge in [0, 0.05) is 58.6 Å². The van der Waals surface area contributed by atoms with Crippen LogP contribution in [0.25, 0.3) is 11.0 Å². The molecule has 0 atom stereocenters. The standard InChI is InChI=1S/C26H33FN8O/c1-32(2)25(36)23-22(27)20-16-29-26(31-24(20)35(23)18-5-3-4-6-18)30-21-8-7-19(15-28-21)34-14-13-33-11-9-17(34)10-12-33/h7-8,15-18H,3-6,9-14H2,1-2H3,(H,28,29,30,31). The molecule has 10 heteroatoms. The molecule has 1 N–H and O–H groups in total. The van der Waals surface area contributed by atoms with E-state index in [-0.39, 0.29) is 23.0 Å². The van der Waals surface area contributed by atoms with Crippen LogP contribution in [-0.2, 0) is 0 Å². The summed E-state index contributed by atoms with van der Waals surface area (Å²) >= 11 is 0. The average molecular weight is 493 g/mol. The van der Waals surface area contributed by atoms with Gasteiger partial charge in [-0.1, -0.05) is 12.8 Å². The normalized spacial score (nSPS) is 22.2. The number of amides is 1. The van der Waals surface area contributed by atoms with Crippen LogP contribution in [0, 0.1) is 5.82 Å². The lowest BCUT2D eigenvalue weighted by atomic mass is 10.0. The van der Waals surface area contributed by atoms with Gasteiger partial charge in [-0.15, -0.1) is 0 Å². The molecule has 190 valence electrons. The van der Waals surface area contributed by atoms with Gasteiger partial charge in [0.2, 0.25) is 5.95 Å². The molecule has 0 aromatic carbocycles. The van der Waals surface area contributed by atoms with E-state index < -0.39 is 5.82 Å². The Kier molecular flexibility index (Phi) is 5.99. The Hall–Kier alpha value is -3.27. The number of nitrogens with one attached hydrogen (secondary N) is 1. The molecule has 0 spiro atoms. The first-order valence-electron chi connectivity index (χ1n) is 13.0. The Morgan fingerprint density at radius 1 is 1.00 bits per heavy atom. The third kappa shape index (κ3) is 4.07. The highest BCUT2D eigenvalue weighted by Gasteiger charge is 2.32. The summed E-state index contributed by atoms with van der Waals surface area (Å²) in [6.07, 6.45) is 9.70. The smallest absolute Gasteiger partial charge is 0.273 e. The number of rotatable bonds is 5. The first-order valence-corrected chi connectivity index (χ1v) is 13.0. The van der Waals surface area contributed by atoms with E-state index in [4.69, 9.17) is 0 Å². The van der Waals surface area contributed by atoms with E-state index in [0.717, 1.165) is 44.5 Å². The van der Waals surface area contributed by atoms with Crippen molar-refractivity contribution in [3.05, 3.63) is 36.0 Å². The van der Waals surface area contributed by atoms with E-state index >= 15 is 4.39 Å². The van der Waals surface area contributed by atoms with Gasteiger partial charge in [-0.2, -0.15) is 4.98 Å². The van der Waals surface area contributed by atoms with E-state index in [1.54, 1.807) is 18.7 Å². The summed E-state index contributed by atoms with van der Waals surface area (Å²) in [5, 5.41) is 3.45. The van der Waals surface area contributed by atoms with Crippen molar-refractivity contribution in [2.24, 2.45) is 0 Å². The summed E-state index contributed by atoms with van der Waals surface area (Å²) < 4.78 is 17.2. The first-order chi connectivity index (χ1) is 17.5. The van der Waals surface area contributed by atoms with Crippen molar-refractivity contribution in [3.8, 4) is 0 Å². The maximum atomic E-state index is 15.4. The molecule has 1 aliphatic carbocycles. The minimum atomic E-state index is -0.549.